The first-order chi connectivity index (χ1) is 6.56. The van der Waals surface area contributed by atoms with Crippen LogP contribution in [0.5, 0.6) is 0 Å². The second kappa shape index (κ2) is 3.13. The van der Waals surface area contributed by atoms with E-state index in [4.69, 9.17) is 14.6 Å². The van der Waals surface area contributed by atoms with Crippen LogP contribution in [0.1, 0.15) is 6.42 Å². The highest BCUT2D eigenvalue weighted by atomic mass is 16.7. The number of rotatable bonds is 2. The molecule has 2 heterocycles. The Bertz CT molecular complexity index is 222. The van der Waals surface area contributed by atoms with Crippen LogP contribution in [0.2, 0.25) is 0 Å². The van der Waals surface area contributed by atoms with E-state index < -0.39 is 30.2 Å². The molecule has 6 heteroatoms. The Kier molecular flexibility index (Phi) is 2.30. The molecule has 6 nitrogen and oxygen atoms in total. The molecule has 2 saturated heterocycles. The van der Waals surface area contributed by atoms with Crippen molar-refractivity contribution in [1.29, 1.82) is 0 Å². The molecule has 0 saturated carbocycles. The Morgan fingerprint density at radius 2 is 1.93 bits per heavy atom. The van der Waals surface area contributed by atoms with Gasteiger partial charge in [-0.2, -0.15) is 0 Å². The minimum absolute atomic E-state index is 0.164. The van der Waals surface area contributed by atoms with Crippen molar-refractivity contribution in [3.05, 3.63) is 0 Å². The monoisotopic (exact) mass is 206 g/mol. The second-order valence-corrected chi connectivity index (χ2v) is 3.77. The van der Waals surface area contributed by atoms with Crippen LogP contribution in [0.15, 0.2) is 0 Å². The van der Waals surface area contributed by atoms with Crippen molar-refractivity contribution in [3.63, 3.8) is 0 Å². The van der Waals surface area contributed by atoms with Crippen LogP contribution in [0.3, 0.4) is 0 Å². The standard InChI is InChI=1S/C8H14O6/c9-4-7(1-2-13-7)8(12)6(11)5(10)3-14-8/h5-6,9-12H,1-4H2/t5-,6+,7+,8-/m0/s1. The highest BCUT2D eigenvalue weighted by Crippen LogP contribution is 2.43. The minimum atomic E-state index is -2.00. The first-order valence-electron chi connectivity index (χ1n) is 4.53. The number of aliphatic hydroxyl groups is 4. The van der Waals surface area contributed by atoms with Crippen LogP contribution in [-0.2, 0) is 9.47 Å². The predicted molar refractivity (Wildman–Crippen MR) is 43.3 cm³/mol. The number of hydrogen-bond donors (Lipinski definition) is 4. The van der Waals surface area contributed by atoms with Crippen molar-refractivity contribution in [1.82, 2.24) is 0 Å². The van der Waals surface area contributed by atoms with E-state index in [-0.39, 0.29) is 6.61 Å². The second-order valence-electron chi connectivity index (χ2n) is 3.77. The van der Waals surface area contributed by atoms with Crippen molar-refractivity contribution in [2.75, 3.05) is 19.8 Å². The van der Waals surface area contributed by atoms with Gasteiger partial charge in [0.05, 0.1) is 19.8 Å². The smallest absolute Gasteiger partial charge is 0.227 e. The lowest BCUT2D eigenvalue weighted by Crippen LogP contribution is -2.69. The van der Waals surface area contributed by atoms with Crippen molar-refractivity contribution >= 4 is 0 Å². The maximum absolute atomic E-state index is 9.98. The topological polar surface area (TPSA) is 99.4 Å². The Morgan fingerprint density at radius 1 is 1.29 bits per heavy atom. The average molecular weight is 206 g/mol. The molecule has 0 radical (unpaired) electrons. The maximum atomic E-state index is 9.98. The van der Waals surface area contributed by atoms with Crippen molar-refractivity contribution in [2.24, 2.45) is 0 Å². The van der Waals surface area contributed by atoms with E-state index in [1.165, 1.54) is 0 Å². The molecule has 0 aromatic heterocycles. The molecule has 4 atom stereocenters. The van der Waals surface area contributed by atoms with Crippen LogP contribution in [-0.4, -0.2) is 63.8 Å². The zero-order valence-electron chi connectivity index (χ0n) is 7.59. The van der Waals surface area contributed by atoms with Crippen molar-refractivity contribution in [2.45, 2.75) is 30.0 Å². The highest BCUT2D eigenvalue weighted by molar-refractivity contribution is 5.07. The molecule has 0 spiro atoms. The third-order valence-corrected chi connectivity index (χ3v) is 3.03. The SMILES string of the molecule is OC[C@@]1([C@@]2(O)OC[C@H](O)[C@H]2O)CCO1. The summed E-state index contributed by atoms with van der Waals surface area (Å²) in [7, 11) is 0. The quantitative estimate of drug-likeness (QED) is 0.401. The Labute approximate surface area is 80.7 Å². The average Bonchev–Trinajstić information content (AvgIpc) is 2.34. The third kappa shape index (κ3) is 1.06. The van der Waals surface area contributed by atoms with Crippen LogP contribution >= 0.6 is 0 Å². The molecule has 0 bridgehead atoms. The lowest BCUT2D eigenvalue weighted by Gasteiger charge is -2.49. The fourth-order valence-electron chi connectivity index (χ4n) is 1.92. The van der Waals surface area contributed by atoms with Crippen LogP contribution < -0.4 is 0 Å². The molecule has 4 N–H and O–H groups in total. The zero-order chi connectivity index (χ0) is 10.4. The van der Waals surface area contributed by atoms with Gasteiger partial charge in [-0.1, -0.05) is 0 Å². The molecule has 2 aliphatic rings. The van der Waals surface area contributed by atoms with Gasteiger partial charge in [-0.15, -0.1) is 0 Å². The zero-order valence-corrected chi connectivity index (χ0v) is 7.59. The van der Waals surface area contributed by atoms with E-state index >= 15 is 0 Å². The number of hydrogen-bond acceptors (Lipinski definition) is 6. The molecule has 2 fully saturated rings. The van der Waals surface area contributed by atoms with Crippen molar-refractivity contribution in [3.8, 4) is 0 Å². The normalized spacial score (nSPS) is 53.1. The summed E-state index contributed by atoms with van der Waals surface area (Å²) in [6.07, 6.45) is -2.20. The fourth-order valence-corrected chi connectivity index (χ4v) is 1.92. The molecule has 0 aromatic carbocycles. The molecule has 0 amide bonds. The lowest BCUT2D eigenvalue weighted by atomic mass is 9.82. The summed E-state index contributed by atoms with van der Waals surface area (Å²) in [6.45, 7) is -0.217. The van der Waals surface area contributed by atoms with Crippen LogP contribution in [0.25, 0.3) is 0 Å². The predicted octanol–water partition coefficient (Wildman–Crippen LogP) is -2.42. The number of aliphatic hydroxyl groups excluding tert-OH is 3. The van der Waals surface area contributed by atoms with Gasteiger partial charge in [-0.05, 0) is 0 Å². The van der Waals surface area contributed by atoms with Crippen LogP contribution in [0.4, 0.5) is 0 Å². The summed E-state index contributed by atoms with van der Waals surface area (Å²) in [5, 5.41) is 37.9. The molecular weight excluding hydrogens is 192 g/mol. The first-order valence-corrected chi connectivity index (χ1v) is 4.53. The van der Waals surface area contributed by atoms with Gasteiger partial charge in [-0.3, -0.25) is 0 Å². The van der Waals surface area contributed by atoms with Gasteiger partial charge in [0.25, 0.3) is 0 Å². The Morgan fingerprint density at radius 3 is 2.21 bits per heavy atom. The summed E-state index contributed by atoms with van der Waals surface area (Å²) in [4.78, 5) is 0. The van der Waals surface area contributed by atoms with Gasteiger partial charge in [0.15, 0.2) is 0 Å². The minimum Gasteiger partial charge on any atom is -0.393 e. The summed E-state index contributed by atoms with van der Waals surface area (Å²) in [6, 6.07) is 0. The third-order valence-electron chi connectivity index (χ3n) is 3.03. The largest absolute Gasteiger partial charge is 0.393 e. The molecule has 0 aliphatic carbocycles. The first kappa shape index (κ1) is 10.3. The highest BCUT2D eigenvalue weighted by Gasteiger charge is 2.65. The van der Waals surface area contributed by atoms with Crippen LogP contribution in [0, 0.1) is 0 Å². The van der Waals surface area contributed by atoms with E-state index in [0.29, 0.717) is 13.0 Å². The van der Waals surface area contributed by atoms with Crippen molar-refractivity contribution < 1.29 is 29.9 Å². The van der Waals surface area contributed by atoms with E-state index in [1.807, 2.05) is 0 Å². The summed E-state index contributed by atoms with van der Waals surface area (Å²) in [5.41, 5.74) is -1.29. The van der Waals surface area contributed by atoms with Gasteiger partial charge in [0, 0.05) is 6.42 Å². The van der Waals surface area contributed by atoms with E-state index in [2.05, 4.69) is 0 Å². The fraction of sp³-hybridized carbons (Fsp3) is 1.00. The molecule has 14 heavy (non-hydrogen) atoms. The van der Waals surface area contributed by atoms with E-state index in [9.17, 15) is 15.3 Å². The number of ether oxygens (including phenoxy) is 2. The molecule has 2 rings (SSSR count). The van der Waals surface area contributed by atoms with Gasteiger partial charge in [0.2, 0.25) is 5.79 Å². The Hall–Kier alpha value is -0.240. The summed E-state index contributed by atoms with van der Waals surface area (Å²) in [5.74, 6) is -2.00. The summed E-state index contributed by atoms with van der Waals surface area (Å²) < 4.78 is 10.0. The molecule has 2 aliphatic heterocycles. The lowest BCUT2D eigenvalue weighted by molar-refractivity contribution is -0.364. The van der Waals surface area contributed by atoms with E-state index in [0.717, 1.165) is 0 Å². The van der Waals surface area contributed by atoms with Gasteiger partial charge >= 0.3 is 0 Å². The summed E-state index contributed by atoms with van der Waals surface area (Å²) >= 11 is 0. The molecule has 0 aromatic rings. The molecule has 82 valence electrons. The molecule has 0 unspecified atom stereocenters. The maximum Gasteiger partial charge on any atom is 0.227 e. The Balaban J connectivity index is 2.22. The van der Waals surface area contributed by atoms with Gasteiger partial charge < -0.3 is 29.9 Å². The van der Waals surface area contributed by atoms with Gasteiger partial charge in [0.1, 0.15) is 17.8 Å². The molecular formula is C8H14O6. The van der Waals surface area contributed by atoms with Gasteiger partial charge in [-0.25, -0.2) is 0 Å². The van der Waals surface area contributed by atoms with E-state index in [1.54, 1.807) is 0 Å².